The molecule has 0 saturated carbocycles. The Morgan fingerprint density at radius 3 is 2.54 bits per heavy atom. The van der Waals surface area contributed by atoms with Crippen LogP contribution in [-0.2, 0) is 9.53 Å². The largest absolute Gasteiger partial charge is 0.488 e. The molecule has 1 N–H and O–H groups in total. The first-order valence-corrected chi connectivity index (χ1v) is 9.10. The highest BCUT2D eigenvalue weighted by Crippen LogP contribution is 2.32. The zero-order chi connectivity index (χ0) is 19.5. The number of carboxylic acid groups (broad SMARTS) is 1. The van der Waals surface area contributed by atoms with E-state index in [-0.39, 0.29) is 19.1 Å². The first kappa shape index (κ1) is 20.1. The minimum Gasteiger partial charge on any atom is -0.488 e. The second kappa shape index (κ2) is 7.98. The molecule has 0 radical (unpaired) electrons. The molecule has 0 spiro atoms. The predicted molar refractivity (Wildman–Crippen MR) is 98.5 cm³/mol. The quantitative estimate of drug-likeness (QED) is 0.854. The van der Waals surface area contributed by atoms with Crippen molar-refractivity contribution in [2.24, 2.45) is 0 Å². The van der Waals surface area contributed by atoms with E-state index in [9.17, 15) is 14.7 Å². The van der Waals surface area contributed by atoms with Gasteiger partial charge in [0, 0.05) is 6.42 Å². The van der Waals surface area contributed by atoms with Crippen LogP contribution in [0.3, 0.4) is 0 Å². The third kappa shape index (κ3) is 4.90. The molecule has 144 valence electrons. The molecule has 1 fully saturated rings. The lowest BCUT2D eigenvalue weighted by Gasteiger charge is -2.26. The summed E-state index contributed by atoms with van der Waals surface area (Å²) in [6.07, 6.45) is 0.219. The molecule has 0 aromatic heterocycles. The van der Waals surface area contributed by atoms with Crippen molar-refractivity contribution in [1.82, 2.24) is 4.90 Å². The van der Waals surface area contributed by atoms with E-state index in [2.05, 4.69) is 13.8 Å². The Kier molecular flexibility index (Phi) is 6.16. The molecule has 1 amide bonds. The Balaban J connectivity index is 2.15. The Hall–Kier alpha value is -2.24. The fourth-order valence-corrected chi connectivity index (χ4v) is 3.03. The van der Waals surface area contributed by atoms with E-state index in [1.165, 1.54) is 4.90 Å². The maximum atomic E-state index is 12.4. The van der Waals surface area contributed by atoms with Gasteiger partial charge in [-0.2, -0.15) is 0 Å². The molecule has 6 nitrogen and oxygen atoms in total. The molecule has 3 atom stereocenters. The molecule has 26 heavy (non-hydrogen) atoms. The van der Waals surface area contributed by atoms with E-state index >= 15 is 0 Å². The minimum absolute atomic E-state index is 0.195. The first-order valence-electron chi connectivity index (χ1n) is 9.10. The number of nitrogens with zero attached hydrogens (tertiary/aromatic N) is 1. The van der Waals surface area contributed by atoms with Crippen LogP contribution in [0, 0.1) is 0 Å². The fraction of sp³-hybridized carbons (Fsp3) is 0.600. The zero-order valence-corrected chi connectivity index (χ0v) is 16.2. The highest BCUT2D eigenvalue weighted by Gasteiger charge is 2.42. The highest BCUT2D eigenvalue weighted by molar-refractivity contribution is 5.81. The lowest BCUT2D eigenvalue weighted by Crippen LogP contribution is -2.43. The summed E-state index contributed by atoms with van der Waals surface area (Å²) in [4.78, 5) is 25.2. The van der Waals surface area contributed by atoms with Gasteiger partial charge < -0.3 is 14.6 Å². The summed E-state index contributed by atoms with van der Waals surface area (Å²) in [5.41, 5.74) is 0.417. The van der Waals surface area contributed by atoms with Crippen molar-refractivity contribution in [3.63, 3.8) is 0 Å². The molecule has 1 aromatic rings. The van der Waals surface area contributed by atoms with Gasteiger partial charge in [-0.3, -0.25) is 4.90 Å². The Bertz CT molecular complexity index is 652. The van der Waals surface area contributed by atoms with Crippen molar-refractivity contribution in [3.05, 3.63) is 29.8 Å². The van der Waals surface area contributed by atoms with Crippen LogP contribution in [0.1, 0.15) is 58.9 Å². The number of amides is 1. The molecule has 0 aliphatic carbocycles. The Morgan fingerprint density at radius 1 is 1.31 bits per heavy atom. The van der Waals surface area contributed by atoms with E-state index in [1.807, 2.05) is 24.3 Å². The summed E-state index contributed by atoms with van der Waals surface area (Å²) in [6, 6.07) is 6.85. The summed E-state index contributed by atoms with van der Waals surface area (Å²) in [7, 11) is 0. The normalized spacial score (nSPS) is 21.3. The van der Waals surface area contributed by atoms with Gasteiger partial charge in [-0.15, -0.1) is 0 Å². The van der Waals surface area contributed by atoms with E-state index in [0.29, 0.717) is 5.92 Å². The highest BCUT2D eigenvalue weighted by atomic mass is 16.6. The molecule has 3 unspecified atom stereocenters. The third-order valence-electron chi connectivity index (χ3n) is 4.53. The summed E-state index contributed by atoms with van der Waals surface area (Å²) in [5.74, 6) is 0.0454. The molecule has 1 heterocycles. The van der Waals surface area contributed by atoms with Crippen LogP contribution in [0.2, 0.25) is 0 Å². The van der Waals surface area contributed by atoms with Crippen molar-refractivity contribution in [2.75, 3.05) is 6.54 Å². The standard InChI is InChI=1S/C20H29NO5/c1-6-13(2)15-9-7-8-10-17(15)25-14-11-16(18(22)23)21(12-14)19(24)26-20(3,4)5/h7-10,13-14,16H,6,11-12H2,1-5H3,(H,22,23). The van der Waals surface area contributed by atoms with E-state index in [0.717, 1.165) is 17.7 Å². The van der Waals surface area contributed by atoms with Crippen molar-refractivity contribution in [1.29, 1.82) is 0 Å². The maximum absolute atomic E-state index is 12.4. The van der Waals surface area contributed by atoms with E-state index in [1.54, 1.807) is 20.8 Å². The molecule has 6 heteroatoms. The van der Waals surface area contributed by atoms with Gasteiger partial charge >= 0.3 is 12.1 Å². The van der Waals surface area contributed by atoms with Crippen molar-refractivity contribution >= 4 is 12.1 Å². The fourth-order valence-electron chi connectivity index (χ4n) is 3.03. The molecule has 1 aromatic carbocycles. The second-order valence-corrected chi connectivity index (χ2v) is 7.81. The number of carbonyl (C=O) groups is 2. The Morgan fingerprint density at radius 2 is 1.96 bits per heavy atom. The molecule has 0 bridgehead atoms. The van der Waals surface area contributed by atoms with Gasteiger partial charge in [0.2, 0.25) is 0 Å². The maximum Gasteiger partial charge on any atom is 0.411 e. The lowest BCUT2D eigenvalue weighted by molar-refractivity contribution is -0.142. The number of hydrogen-bond donors (Lipinski definition) is 1. The minimum atomic E-state index is -1.04. The predicted octanol–water partition coefficient (Wildman–Crippen LogP) is 4.04. The average molecular weight is 363 g/mol. The van der Waals surface area contributed by atoms with Gasteiger partial charge in [-0.25, -0.2) is 9.59 Å². The van der Waals surface area contributed by atoms with Gasteiger partial charge in [0.05, 0.1) is 6.54 Å². The summed E-state index contributed by atoms with van der Waals surface area (Å²) in [5, 5.41) is 9.49. The number of ether oxygens (including phenoxy) is 2. The van der Waals surface area contributed by atoms with Crippen molar-refractivity contribution in [3.8, 4) is 5.75 Å². The number of likely N-dealkylation sites (tertiary alicyclic amines) is 1. The number of carbonyl (C=O) groups excluding carboxylic acids is 1. The van der Waals surface area contributed by atoms with Gasteiger partial charge in [-0.05, 0) is 44.7 Å². The van der Waals surface area contributed by atoms with E-state index < -0.39 is 23.7 Å². The molecular formula is C20H29NO5. The SMILES string of the molecule is CCC(C)c1ccccc1OC1CC(C(=O)O)N(C(=O)OC(C)(C)C)C1. The van der Waals surface area contributed by atoms with Crippen LogP contribution in [0.25, 0.3) is 0 Å². The van der Waals surface area contributed by atoms with Crippen LogP contribution in [-0.4, -0.2) is 46.4 Å². The third-order valence-corrected chi connectivity index (χ3v) is 4.53. The number of rotatable bonds is 5. The molecular weight excluding hydrogens is 334 g/mol. The Labute approximate surface area is 155 Å². The van der Waals surface area contributed by atoms with Crippen LogP contribution in [0.15, 0.2) is 24.3 Å². The van der Waals surface area contributed by atoms with Crippen LogP contribution in [0.5, 0.6) is 5.75 Å². The lowest BCUT2D eigenvalue weighted by atomic mass is 9.98. The monoisotopic (exact) mass is 363 g/mol. The average Bonchev–Trinajstić information content (AvgIpc) is 2.97. The zero-order valence-electron chi connectivity index (χ0n) is 16.2. The number of hydrogen-bond acceptors (Lipinski definition) is 4. The van der Waals surface area contributed by atoms with Gasteiger partial charge in [0.25, 0.3) is 0 Å². The van der Waals surface area contributed by atoms with E-state index in [4.69, 9.17) is 9.47 Å². The van der Waals surface area contributed by atoms with Gasteiger partial charge in [-0.1, -0.05) is 32.0 Å². The number of carboxylic acids is 1. The van der Waals surface area contributed by atoms with Crippen molar-refractivity contribution in [2.45, 2.75) is 71.1 Å². The topological polar surface area (TPSA) is 76.1 Å². The van der Waals surface area contributed by atoms with Crippen LogP contribution < -0.4 is 4.74 Å². The summed E-state index contributed by atoms with van der Waals surface area (Å²) in [6.45, 7) is 9.71. The smallest absolute Gasteiger partial charge is 0.411 e. The van der Waals surface area contributed by atoms with Crippen molar-refractivity contribution < 1.29 is 24.2 Å². The number of para-hydroxylation sites is 1. The number of aliphatic carboxylic acids is 1. The molecule has 2 rings (SSSR count). The second-order valence-electron chi connectivity index (χ2n) is 7.81. The van der Waals surface area contributed by atoms with Gasteiger partial charge in [0.1, 0.15) is 23.5 Å². The van der Waals surface area contributed by atoms with Crippen LogP contribution >= 0.6 is 0 Å². The molecule has 1 aliphatic rings. The molecule has 1 aliphatic heterocycles. The first-order chi connectivity index (χ1) is 12.1. The summed E-state index contributed by atoms with van der Waals surface area (Å²) < 4.78 is 11.5. The van der Waals surface area contributed by atoms with Crippen LogP contribution in [0.4, 0.5) is 4.79 Å². The number of benzene rings is 1. The molecule has 1 saturated heterocycles. The summed E-state index contributed by atoms with van der Waals surface area (Å²) >= 11 is 0. The van der Waals surface area contributed by atoms with Gasteiger partial charge in [0.15, 0.2) is 0 Å².